The van der Waals surface area contributed by atoms with Gasteiger partial charge in [0, 0.05) is 0 Å². The summed E-state index contributed by atoms with van der Waals surface area (Å²) < 4.78 is 64.8. The van der Waals surface area contributed by atoms with Crippen molar-refractivity contribution >= 4 is 79.5 Å². The van der Waals surface area contributed by atoms with Crippen molar-refractivity contribution in [1.29, 1.82) is 0 Å². The molecular weight excluding hydrogens is 464 g/mol. The van der Waals surface area contributed by atoms with E-state index in [0.29, 0.717) is 0 Å². The van der Waals surface area contributed by atoms with Crippen LogP contribution in [0.2, 0.25) is 0 Å². The molecule has 0 atom stereocenters. The molecule has 0 unspecified atom stereocenters. The van der Waals surface area contributed by atoms with E-state index >= 15 is 0 Å². The van der Waals surface area contributed by atoms with Gasteiger partial charge in [-0.2, -0.15) is 0 Å². The maximum Gasteiger partial charge on any atom is 2.00 e. The third-order valence-corrected chi connectivity index (χ3v) is 6.38. The molecule has 0 aliphatic rings. The zero-order valence-corrected chi connectivity index (χ0v) is 20.7. The number of hydrogen-bond donors (Lipinski definition) is 0. The van der Waals surface area contributed by atoms with Crippen LogP contribution in [-0.4, -0.2) is 63.7 Å². The van der Waals surface area contributed by atoms with Gasteiger partial charge >= 0.3 is 37.7 Å². The van der Waals surface area contributed by atoms with Gasteiger partial charge in [-0.15, -0.1) is 0 Å². The summed E-state index contributed by atoms with van der Waals surface area (Å²) in [6, 6.07) is 19.9. The Morgan fingerprint density at radius 1 is 0.581 bits per heavy atom. The number of rotatable bonds is 2. The Morgan fingerprint density at radius 3 is 1.26 bits per heavy atom. The third-order valence-electron chi connectivity index (χ3n) is 4.72. The summed E-state index contributed by atoms with van der Waals surface area (Å²) in [7, 11) is -8.71. The monoisotopic (exact) mass is 482 g/mol. The van der Waals surface area contributed by atoms with Gasteiger partial charge in [0.1, 0.15) is 20.2 Å². The zero-order chi connectivity index (χ0) is 22.1. The van der Waals surface area contributed by atoms with Crippen molar-refractivity contribution in [3.05, 3.63) is 83.9 Å². The predicted octanol–water partition coefficient (Wildman–Crippen LogP) is 3.72. The molecule has 0 spiro atoms. The van der Waals surface area contributed by atoms with Gasteiger partial charge in [0.05, 0.1) is 9.79 Å². The molecule has 0 saturated heterocycles. The first kappa shape index (κ1) is 25.7. The van der Waals surface area contributed by atoms with Crippen LogP contribution in [0.25, 0.3) is 21.5 Å². The van der Waals surface area contributed by atoms with E-state index in [-0.39, 0.29) is 47.5 Å². The summed E-state index contributed by atoms with van der Waals surface area (Å²) in [6.45, 7) is 3.88. The molecule has 0 bridgehead atoms. The van der Waals surface area contributed by atoms with Crippen LogP contribution in [0.1, 0.15) is 11.1 Å². The van der Waals surface area contributed by atoms with Crippen LogP contribution in [0.15, 0.2) is 82.6 Å². The minimum absolute atomic E-state index is 0. The summed E-state index contributed by atoms with van der Waals surface area (Å²) in [5, 5.41) is 3.47. The maximum absolute atomic E-state index is 10.8. The van der Waals surface area contributed by atoms with Crippen molar-refractivity contribution in [1.82, 2.24) is 0 Å². The van der Waals surface area contributed by atoms with E-state index in [0.717, 1.165) is 32.7 Å². The molecule has 0 aliphatic carbocycles. The molecule has 0 aliphatic heterocycles. The van der Waals surface area contributed by atoms with E-state index in [4.69, 9.17) is 0 Å². The number of aryl methyl sites for hydroxylation is 2. The first-order valence-corrected chi connectivity index (χ1v) is 11.7. The molecule has 0 heterocycles. The van der Waals surface area contributed by atoms with Crippen molar-refractivity contribution in [3.8, 4) is 0 Å². The number of fused-ring (bicyclic) bond motifs is 2. The average Bonchev–Trinajstić information content (AvgIpc) is 2.67. The summed E-state index contributed by atoms with van der Waals surface area (Å²) in [6.07, 6.45) is 0. The average molecular weight is 483 g/mol. The molecular formula is C22H18CaO6S2. The first-order valence-electron chi connectivity index (χ1n) is 8.87. The standard InChI is InChI=1S/2C11H10O3S.Ca/c2*1-8-3-2-4-9-7-10(15(12,13)14)5-6-11(8)9;/h2*2-7H,1H3,(H,12,13,14);/q;;+2/p-2. The summed E-state index contributed by atoms with van der Waals surface area (Å²) in [4.78, 5) is -0.360. The predicted molar refractivity (Wildman–Crippen MR) is 119 cm³/mol. The molecule has 0 amide bonds. The fraction of sp³-hybridized carbons (Fsp3) is 0.0909. The van der Waals surface area contributed by atoms with Crippen molar-refractivity contribution in [3.63, 3.8) is 0 Å². The summed E-state index contributed by atoms with van der Waals surface area (Å²) in [5.41, 5.74) is 2.12. The van der Waals surface area contributed by atoms with E-state index in [1.165, 1.54) is 24.3 Å². The molecule has 4 aromatic rings. The normalized spacial score (nSPS) is 11.5. The maximum atomic E-state index is 10.8. The van der Waals surface area contributed by atoms with Crippen molar-refractivity contribution in [2.24, 2.45) is 0 Å². The summed E-state index contributed by atoms with van der Waals surface area (Å²) >= 11 is 0. The first-order chi connectivity index (χ1) is 14.0. The van der Waals surface area contributed by atoms with Gasteiger partial charge in [-0.1, -0.05) is 48.5 Å². The van der Waals surface area contributed by atoms with E-state index in [9.17, 15) is 25.9 Å². The molecule has 6 nitrogen and oxygen atoms in total. The van der Waals surface area contributed by atoms with Gasteiger partial charge in [-0.25, -0.2) is 16.8 Å². The topological polar surface area (TPSA) is 114 Å². The third kappa shape index (κ3) is 6.26. The molecule has 0 saturated carbocycles. The van der Waals surface area contributed by atoms with Crippen LogP contribution in [0.5, 0.6) is 0 Å². The van der Waals surface area contributed by atoms with Crippen molar-refractivity contribution in [2.75, 3.05) is 0 Å². The smallest absolute Gasteiger partial charge is 0.744 e. The van der Waals surface area contributed by atoms with Crippen LogP contribution >= 0.6 is 0 Å². The molecule has 0 fully saturated rings. The Labute approximate surface area is 211 Å². The van der Waals surface area contributed by atoms with Gasteiger partial charge in [0.15, 0.2) is 0 Å². The Hall–Kier alpha value is -1.52. The van der Waals surface area contributed by atoms with E-state index in [1.54, 1.807) is 24.3 Å². The number of hydrogen-bond acceptors (Lipinski definition) is 6. The summed E-state index contributed by atoms with van der Waals surface area (Å²) in [5.74, 6) is 0. The zero-order valence-electron chi connectivity index (χ0n) is 16.9. The fourth-order valence-electron chi connectivity index (χ4n) is 3.16. The molecule has 0 aromatic heterocycles. The molecule has 31 heavy (non-hydrogen) atoms. The Kier molecular flexibility index (Phi) is 8.27. The number of benzene rings is 4. The van der Waals surface area contributed by atoms with Gasteiger partial charge < -0.3 is 9.11 Å². The van der Waals surface area contributed by atoms with Crippen LogP contribution in [-0.2, 0) is 20.2 Å². The van der Waals surface area contributed by atoms with Gasteiger partial charge in [0.25, 0.3) is 0 Å². The molecule has 9 heteroatoms. The second-order valence-electron chi connectivity index (χ2n) is 6.82. The van der Waals surface area contributed by atoms with E-state index in [2.05, 4.69) is 0 Å². The molecule has 0 N–H and O–H groups in total. The minimum Gasteiger partial charge on any atom is -0.744 e. The molecule has 4 rings (SSSR count). The fourth-order valence-corrected chi connectivity index (χ4v) is 4.17. The molecule has 0 radical (unpaired) electrons. The van der Waals surface area contributed by atoms with Crippen LogP contribution < -0.4 is 0 Å². The molecule has 156 valence electrons. The van der Waals surface area contributed by atoms with Crippen LogP contribution in [0, 0.1) is 13.8 Å². The van der Waals surface area contributed by atoms with Gasteiger partial charge in [-0.05, 0) is 70.8 Å². The minimum atomic E-state index is -4.36. The second kappa shape index (κ2) is 9.95. The largest absolute Gasteiger partial charge is 2.00 e. The van der Waals surface area contributed by atoms with Crippen molar-refractivity contribution in [2.45, 2.75) is 23.6 Å². The Morgan fingerprint density at radius 2 is 0.935 bits per heavy atom. The van der Waals surface area contributed by atoms with Gasteiger partial charge in [-0.3, -0.25) is 0 Å². The Balaban J connectivity index is 0.000000213. The van der Waals surface area contributed by atoms with E-state index < -0.39 is 20.2 Å². The molecule has 4 aromatic carbocycles. The van der Waals surface area contributed by atoms with Crippen LogP contribution in [0.4, 0.5) is 0 Å². The van der Waals surface area contributed by atoms with Crippen molar-refractivity contribution < 1.29 is 25.9 Å². The second-order valence-corrected chi connectivity index (χ2v) is 9.58. The van der Waals surface area contributed by atoms with Gasteiger partial charge in [0.2, 0.25) is 0 Å². The van der Waals surface area contributed by atoms with Crippen LogP contribution in [0.3, 0.4) is 0 Å². The van der Waals surface area contributed by atoms with E-state index in [1.807, 2.05) is 38.1 Å². The Bertz CT molecular complexity index is 1350. The SMILES string of the molecule is Cc1cccc2cc(S(=O)(=O)[O-])ccc12.Cc1cccc2cc(S(=O)(=O)[O-])ccc12.[Ca+2]. The quantitative estimate of drug-likeness (QED) is 0.318.